The Morgan fingerprint density at radius 2 is 1.06 bits per heavy atom. The fourth-order valence-corrected chi connectivity index (χ4v) is 6.38. The summed E-state index contributed by atoms with van der Waals surface area (Å²) >= 11 is 0. The van der Waals surface area contributed by atoms with Gasteiger partial charge in [0.2, 0.25) is 0 Å². The smallest absolute Gasteiger partial charge is 0.288 e. The van der Waals surface area contributed by atoms with Crippen LogP contribution in [0.4, 0.5) is 0 Å². The van der Waals surface area contributed by atoms with Crippen molar-refractivity contribution in [3.05, 3.63) is 131 Å². The van der Waals surface area contributed by atoms with Crippen LogP contribution >= 0.6 is 16.4 Å². The van der Waals surface area contributed by atoms with Crippen molar-refractivity contribution in [3.8, 4) is 0 Å². The molecule has 3 nitrogen and oxygen atoms in total. The van der Waals surface area contributed by atoms with Gasteiger partial charge in [-0.2, -0.15) is 0 Å². The lowest BCUT2D eigenvalue weighted by Crippen LogP contribution is -2.19. The van der Waals surface area contributed by atoms with E-state index in [1.807, 2.05) is 56.3 Å². The van der Waals surface area contributed by atoms with Crippen molar-refractivity contribution in [1.29, 1.82) is 0 Å². The summed E-state index contributed by atoms with van der Waals surface area (Å²) in [5, 5.41) is 2.20. The van der Waals surface area contributed by atoms with Crippen LogP contribution in [0.1, 0.15) is 37.4 Å². The molecule has 0 aromatic heterocycles. The van der Waals surface area contributed by atoms with Gasteiger partial charge in [-0.1, -0.05) is 101 Å². The lowest BCUT2D eigenvalue weighted by molar-refractivity contribution is 0.107. The average molecular weight is 485 g/mol. The molecular formula is C29H27O3P2+. The molecule has 1 atom stereocenters. The first kappa shape index (κ1) is 25.4. The summed E-state index contributed by atoms with van der Waals surface area (Å²) in [6, 6.07) is 33.1. The minimum Gasteiger partial charge on any atom is -0.288 e. The Morgan fingerprint density at radius 1 is 0.647 bits per heavy atom. The largest absolute Gasteiger partial charge is 0.406 e. The average Bonchev–Trinajstić information content (AvgIpc) is 2.85. The van der Waals surface area contributed by atoms with Crippen LogP contribution in [0.5, 0.6) is 0 Å². The maximum absolute atomic E-state index is 13.5. The Balaban J connectivity index is 0.000000271. The molecule has 0 radical (unpaired) electrons. The molecule has 0 aliphatic carbocycles. The minimum atomic E-state index is -1.07. The van der Waals surface area contributed by atoms with Gasteiger partial charge in [0, 0.05) is 13.5 Å². The van der Waals surface area contributed by atoms with Gasteiger partial charge in [0.15, 0.2) is 5.52 Å². The third kappa shape index (κ3) is 6.41. The van der Waals surface area contributed by atoms with E-state index in [1.54, 1.807) is 24.3 Å². The molecule has 4 rings (SSSR count). The third-order valence-electron chi connectivity index (χ3n) is 5.25. The van der Waals surface area contributed by atoms with Gasteiger partial charge in [0.1, 0.15) is 0 Å². The van der Waals surface area contributed by atoms with Gasteiger partial charge in [-0.25, -0.2) is 4.79 Å². The van der Waals surface area contributed by atoms with Crippen LogP contribution in [0.25, 0.3) is 0 Å². The summed E-state index contributed by atoms with van der Waals surface area (Å²) in [4.78, 5) is 24.2. The van der Waals surface area contributed by atoms with E-state index < -0.39 is 16.4 Å². The lowest BCUT2D eigenvalue weighted by atomic mass is 10.0. The van der Waals surface area contributed by atoms with Crippen molar-refractivity contribution in [2.24, 2.45) is 0 Å². The molecule has 170 valence electrons. The minimum absolute atomic E-state index is 0.234. The number of aryl methyl sites for hydroxylation is 3. The number of hydrogen-bond donors (Lipinski definition) is 0. The van der Waals surface area contributed by atoms with Gasteiger partial charge in [0.05, 0.1) is 5.56 Å². The van der Waals surface area contributed by atoms with Crippen LogP contribution in [-0.4, -0.2) is 11.0 Å². The van der Waals surface area contributed by atoms with E-state index in [4.69, 9.17) is 0 Å². The molecule has 4 aromatic carbocycles. The van der Waals surface area contributed by atoms with E-state index in [-0.39, 0.29) is 11.0 Å². The summed E-state index contributed by atoms with van der Waals surface area (Å²) in [5.74, 6) is 0. The van der Waals surface area contributed by atoms with Gasteiger partial charge in [-0.05, 0) is 54.6 Å². The van der Waals surface area contributed by atoms with Crippen molar-refractivity contribution in [1.82, 2.24) is 0 Å². The van der Waals surface area contributed by atoms with E-state index in [0.717, 1.165) is 27.3 Å². The number of benzene rings is 4. The Hall–Kier alpha value is -3.25. The molecule has 0 saturated carbocycles. The molecule has 34 heavy (non-hydrogen) atoms. The Morgan fingerprint density at radius 3 is 1.47 bits per heavy atom. The van der Waals surface area contributed by atoms with Crippen molar-refractivity contribution in [2.75, 3.05) is 0 Å². The summed E-state index contributed by atoms with van der Waals surface area (Å²) in [6.07, 6.45) is 0. The molecular weight excluding hydrogens is 458 g/mol. The predicted molar refractivity (Wildman–Crippen MR) is 144 cm³/mol. The number of rotatable bonds is 6. The highest BCUT2D eigenvalue weighted by Crippen LogP contribution is 2.39. The first-order valence-electron chi connectivity index (χ1n) is 10.9. The number of carbonyl (C=O) groups is 2. The van der Waals surface area contributed by atoms with Gasteiger partial charge >= 0.3 is 14.0 Å². The summed E-state index contributed by atoms with van der Waals surface area (Å²) in [5.41, 5.74) is 4.63. The van der Waals surface area contributed by atoms with Crippen LogP contribution in [0.15, 0.2) is 103 Å². The molecule has 0 bridgehead atoms. The van der Waals surface area contributed by atoms with Crippen LogP contribution in [0.2, 0.25) is 0 Å². The maximum atomic E-state index is 13.5. The highest BCUT2D eigenvalue weighted by molar-refractivity contribution is 7.88. The molecule has 0 N–H and O–H groups in total. The molecule has 0 heterocycles. The molecule has 5 heteroatoms. The molecule has 0 saturated heterocycles. The summed E-state index contributed by atoms with van der Waals surface area (Å²) in [6.45, 7) is 6.15. The first-order chi connectivity index (χ1) is 16.4. The Labute approximate surface area is 203 Å². The highest BCUT2D eigenvalue weighted by atomic mass is 31.1. The standard InChI is InChI=1S/C22H21OP.C7H5O2P/c1-16-14-17(2)21(18(3)15-16)22(23)24(19-10-6-4-7-11-19)20-12-8-5-9-13-20;8-7(10-9)6-4-2-1-3-5-6/h4-15H,1-3H3;1-5H/p+1. The van der Waals surface area contributed by atoms with Crippen molar-refractivity contribution in [2.45, 2.75) is 20.8 Å². The quantitative estimate of drug-likeness (QED) is 0.284. The number of carbonyl (C=O) groups excluding carboxylic acids is 2. The Bertz CT molecular complexity index is 1210. The lowest BCUT2D eigenvalue weighted by Gasteiger charge is -2.20. The molecule has 0 spiro atoms. The maximum Gasteiger partial charge on any atom is 0.406 e. The molecule has 0 aliphatic rings. The van der Waals surface area contributed by atoms with E-state index in [2.05, 4.69) is 43.3 Å². The predicted octanol–water partition coefficient (Wildman–Crippen LogP) is 6.74. The zero-order valence-electron chi connectivity index (χ0n) is 19.5. The van der Waals surface area contributed by atoms with Gasteiger partial charge in [0.25, 0.3) is 0 Å². The number of hydrogen-bond acceptors (Lipinski definition) is 3. The van der Waals surface area contributed by atoms with Crippen molar-refractivity contribution < 1.29 is 14.2 Å². The van der Waals surface area contributed by atoms with Crippen LogP contribution in [-0.2, 0) is 4.57 Å². The van der Waals surface area contributed by atoms with Gasteiger partial charge in [-0.15, -0.1) is 0 Å². The Kier molecular flexibility index (Phi) is 9.16. The van der Waals surface area contributed by atoms with E-state index in [1.165, 1.54) is 5.56 Å². The second-order valence-electron chi connectivity index (χ2n) is 7.88. The summed E-state index contributed by atoms with van der Waals surface area (Å²) < 4.78 is 10.1. The van der Waals surface area contributed by atoms with Gasteiger partial charge in [-0.3, -0.25) is 4.79 Å². The van der Waals surface area contributed by atoms with Crippen LogP contribution < -0.4 is 10.6 Å². The zero-order chi connectivity index (χ0) is 24.5. The normalized spacial score (nSPS) is 10.5. The van der Waals surface area contributed by atoms with Crippen molar-refractivity contribution in [3.63, 3.8) is 0 Å². The molecule has 0 fully saturated rings. The summed E-state index contributed by atoms with van der Waals surface area (Å²) in [7, 11) is -1.95. The third-order valence-corrected chi connectivity index (χ3v) is 7.98. The topological polar surface area (TPSA) is 51.2 Å². The van der Waals surface area contributed by atoms with Crippen molar-refractivity contribution >= 4 is 38.0 Å². The molecule has 0 aliphatic heterocycles. The molecule has 0 amide bonds. The zero-order valence-corrected chi connectivity index (χ0v) is 21.4. The highest BCUT2D eigenvalue weighted by Gasteiger charge is 2.26. The monoisotopic (exact) mass is 485 g/mol. The first-order valence-corrected chi connectivity index (χ1v) is 13.2. The molecule has 4 aromatic rings. The van der Waals surface area contributed by atoms with Crippen LogP contribution in [0.3, 0.4) is 0 Å². The second-order valence-corrected chi connectivity index (χ2v) is 10.7. The SMILES string of the molecule is Cc1cc(C)c(C(=O)P(c2ccccc2)c2ccccc2)c(C)c1.O=[PH+]C(=O)c1ccccc1. The molecule has 1 unspecified atom stereocenters. The fourth-order valence-electron chi connectivity index (χ4n) is 3.82. The second kappa shape index (κ2) is 12.3. The fraction of sp³-hybridized carbons (Fsp3) is 0.103. The van der Waals surface area contributed by atoms with E-state index >= 15 is 0 Å². The van der Waals surface area contributed by atoms with Gasteiger partial charge < -0.3 is 0 Å². The van der Waals surface area contributed by atoms with E-state index in [9.17, 15) is 14.2 Å². The van der Waals surface area contributed by atoms with E-state index in [0.29, 0.717) is 5.56 Å². The van der Waals surface area contributed by atoms with Crippen LogP contribution in [0, 0.1) is 20.8 Å².